The van der Waals surface area contributed by atoms with Crippen LogP contribution < -0.4 is 20.3 Å². The molecule has 5 rings (SSSR count). The van der Waals surface area contributed by atoms with E-state index in [2.05, 4.69) is 15.4 Å². The van der Waals surface area contributed by atoms with Crippen molar-refractivity contribution in [1.29, 1.82) is 0 Å². The molecule has 0 spiro atoms. The molecule has 1 aliphatic heterocycles. The first kappa shape index (κ1) is 17.4. The van der Waals surface area contributed by atoms with Crippen molar-refractivity contribution in [3.63, 3.8) is 0 Å². The smallest absolute Gasteiger partial charge is 0.294 e. The molecule has 1 N–H and O–H groups in total. The summed E-state index contributed by atoms with van der Waals surface area (Å²) in [5.41, 5.74) is 0.848. The van der Waals surface area contributed by atoms with Crippen molar-refractivity contribution in [3.8, 4) is 23.0 Å². The lowest BCUT2D eigenvalue weighted by Crippen LogP contribution is -2.30. The first-order chi connectivity index (χ1) is 14.1. The zero-order valence-electron chi connectivity index (χ0n) is 15.2. The van der Waals surface area contributed by atoms with Gasteiger partial charge in [-0.25, -0.2) is 9.67 Å². The molecule has 4 heterocycles. The van der Waals surface area contributed by atoms with Crippen LogP contribution in [0.15, 0.2) is 45.8 Å². The monoisotopic (exact) mass is 410 g/mol. The van der Waals surface area contributed by atoms with Crippen LogP contribution in [0, 0.1) is 6.92 Å². The van der Waals surface area contributed by atoms with Gasteiger partial charge >= 0.3 is 0 Å². The van der Waals surface area contributed by atoms with E-state index in [4.69, 9.17) is 13.9 Å². The number of ether oxygens (including phenoxy) is 2. The van der Waals surface area contributed by atoms with Gasteiger partial charge in [-0.2, -0.15) is 5.10 Å². The second-order valence-electron chi connectivity index (χ2n) is 6.32. The van der Waals surface area contributed by atoms with E-state index >= 15 is 0 Å². The van der Waals surface area contributed by atoms with Gasteiger partial charge < -0.3 is 19.2 Å². The van der Waals surface area contributed by atoms with Gasteiger partial charge in [0.25, 0.3) is 5.56 Å². The molecule has 1 aliphatic rings. The highest BCUT2D eigenvalue weighted by molar-refractivity contribution is 7.19. The Morgan fingerprint density at radius 2 is 2.14 bits per heavy atom. The number of aryl methyl sites for hydroxylation is 1. The lowest BCUT2D eigenvalue weighted by molar-refractivity contribution is -0.117. The predicted octanol–water partition coefficient (Wildman–Crippen LogP) is 2.79. The molecule has 0 bridgehead atoms. The van der Waals surface area contributed by atoms with Crippen LogP contribution in [0.25, 0.3) is 21.7 Å². The highest BCUT2D eigenvalue weighted by Gasteiger charge is 2.20. The number of nitrogens with zero attached hydrogens (tertiary/aromatic N) is 3. The fraction of sp³-hybridized carbons (Fsp3) is 0.158. The first-order valence-electron chi connectivity index (χ1n) is 8.70. The molecule has 1 aromatic carbocycles. The van der Waals surface area contributed by atoms with Crippen molar-refractivity contribution in [2.45, 2.75) is 13.5 Å². The molecule has 0 radical (unpaired) electrons. The Kier molecular flexibility index (Phi) is 4.06. The number of furan rings is 1. The third-order valence-electron chi connectivity index (χ3n) is 4.31. The van der Waals surface area contributed by atoms with Crippen molar-refractivity contribution in [2.75, 3.05) is 12.1 Å². The van der Waals surface area contributed by atoms with Gasteiger partial charge in [0.2, 0.25) is 12.7 Å². The molecule has 0 aliphatic carbocycles. The standard InChI is InChI=1S/C19H14N4O5S/c1-10-20-17-18(29-10)16(13-3-2-6-26-13)22-23(19(17)25)8-15(24)21-11-4-5-12-14(7-11)28-9-27-12/h2-7H,8-9H2,1H3,(H,21,24). The van der Waals surface area contributed by atoms with Crippen LogP contribution in [-0.2, 0) is 11.3 Å². The van der Waals surface area contributed by atoms with Gasteiger partial charge in [0.15, 0.2) is 22.8 Å². The number of hydrogen-bond donors (Lipinski definition) is 1. The number of aromatic nitrogens is 3. The van der Waals surface area contributed by atoms with Crippen molar-refractivity contribution in [2.24, 2.45) is 0 Å². The minimum Gasteiger partial charge on any atom is -0.463 e. The van der Waals surface area contributed by atoms with Gasteiger partial charge in [0, 0.05) is 11.8 Å². The lowest BCUT2D eigenvalue weighted by Gasteiger charge is -2.09. The maximum Gasteiger partial charge on any atom is 0.294 e. The summed E-state index contributed by atoms with van der Waals surface area (Å²) in [4.78, 5) is 29.7. The Hall–Kier alpha value is -3.66. The van der Waals surface area contributed by atoms with E-state index in [0.29, 0.717) is 33.3 Å². The number of thiazole rings is 1. The Bertz CT molecular complexity index is 1290. The first-order valence-corrected chi connectivity index (χ1v) is 9.52. The zero-order chi connectivity index (χ0) is 20.0. The maximum absolute atomic E-state index is 12.8. The summed E-state index contributed by atoms with van der Waals surface area (Å²) in [6.45, 7) is 1.69. The van der Waals surface area contributed by atoms with Crippen LogP contribution in [0.5, 0.6) is 11.5 Å². The molecule has 0 saturated heterocycles. The van der Waals surface area contributed by atoms with E-state index in [-0.39, 0.29) is 18.9 Å². The topological polar surface area (TPSA) is 108 Å². The molecule has 0 unspecified atom stereocenters. The third-order valence-corrected chi connectivity index (χ3v) is 5.29. The van der Waals surface area contributed by atoms with Crippen molar-refractivity contribution in [1.82, 2.24) is 14.8 Å². The number of nitrogens with one attached hydrogen (secondary N) is 1. The van der Waals surface area contributed by atoms with E-state index in [1.807, 2.05) is 6.92 Å². The van der Waals surface area contributed by atoms with E-state index in [1.54, 1.807) is 30.3 Å². The molecule has 29 heavy (non-hydrogen) atoms. The number of anilines is 1. The van der Waals surface area contributed by atoms with Crippen molar-refractivity contribution in [3.05, 3.63) is 52.0 Å². The van der Waals surface area contributed by atoms with Crippen LogP contribution in [0.3, 0.4) is 0 Å². The summed E-state index contributed by atoms with van der Waals surface area (Å²) in [7, 11) is 0. The second-order valence-corrected chi connectivity index (χ2v) is 7.52. The highest BCUT2D eigenvalue weighted by atomic mass is 32.1. The largest absolute Gasteiger partial charge is 0.463 e. The van der Waals surface area contributed by atoms with Crippen LogP contribution in [0.4, 0.5) is 5.69 Å². The van der Waals surface area contributed by atoms with Crippen LogP contribution >= 0.6 is 11.3 Å². The number of hydrogen-bond acceptors (Lipinski definition) is 8. The summed E-state index contributed by atoms with van der Waals surface area (Å²) >= 11 is 1.36. The fourth-order valence-electron chi connectivity index (χ4n) is 3.06. The third kappa shape index (κ3) is 3.13. The highest BCUT2D eigenvalue weighted by Crippen LogP contribution is 2.34. The normalized spacial score (nSPS) is 12.4. The summed E-state index contributed by atoms with van der Waals surface area (Å²) in [6.07, 6.45) is 1.53. The Morgan fingerprint density at radius 3 is 2.97 bits per heavy atom. The number of carbonyl (C=O) groups is 1. The number of fused-ring (bicyclic) bond motifs is 2. The molecule has 0 fully saturated rings. The number of rotatable bonds is 4. The van der Waals surface area contributed by atoms with Gasteiger partial charge in [0.05, 0.1) is 16.0 Å². The Morgan fingerprint density at radius 1 is 1.28 bits per heavy atom. The van der Waals surface area contributed by atoms with Crippen molar-refractivity contribution >= 4 is 33.1 Å². The van der Waals surface area contributed by atoms with E-state index in [0.717, 1.165) is 9.69 Å². The number of benzene rings is 1. The lowest BCUT2D eigenvalue weighted by atomic mass is 10.2. The molecular weight excluding hydrogens is 396 g/mol. The van der Waals surface area contributed by atoms with Crippen LogP contribution in [0.2, 0.25) is 0 Å². The van der Waals surface area contributed by atoms with E-state index in [9.17, 15) is 9.59 Å². The van der Waals surface area contributed by atoms with E-state index < -0.39 is 11.5 Å². The van der Waals surface area contributed by atoms with Crippen molar-refractivity contribution < 1.29 is 18.7 Å². The minimum absolute atomic E-state index is 0.147. The van der Waals surface area contributed by atoms with Gasteiger partial charge in [-0.1, -0.05) is 0 Å². The predicted molar refractivity (Wildman–Crippen MR) is 105 cm³/mol. The number of carbonyl (C=O) groups excluding carboxylic acids is 1. The summed E-state index contributed by atoms with van der Waals surface area (Å²) in [6, 6.07) is 8.55. The molecular formula is C19H14N4O5S. The molecule has 0 saturated carbocycles. The summed E-state index contributed by atoms with van der Waals surface area (Å²) in [5, 5.41) is 7.84. The van der Waals surface area contributed by atoms with Crippen LogP contribution in [0.1, 0.15) is 5.01 Å². The fourth-order valence-corrected chi connectivity index (χ4v) is 3.96. The average Bonchev–Trinajstić information content (AvgIpc) is 3.43. The maximum atomic E-state index is 12.8. The number of amides is 1. The van der Waals surface area contributed by atoms with Gasteiger partial charge in [-0.15, -0.1) is 11.3 Å². The van der Waals surface area contributed by atoms with Gasteiger partial charge in [0.1, 0.15) is 12.2 Å². The second kappa shape index (κ2) is 6.74. The Balaban J connectivity index is 1.47. The molecule has 10 heteroatoms. The molecule has 146 valence electrons. The summed E-state index contributed by atoms with van der Waals surface area (Å²) in [5.74, 6) is 1.27. The van der Waals surface area contributed by atoms with Gasteiger partial charge in [-0.3, -0.25) is 9.59 Å². The molecule has 1 amide bonds. The molecule has 9 nitrogen and oxygen atoms in total. The SMILES string of the molecule is Cc1nc2c(=O)n(CC(=O)Nc3ccc4c(c3)OCO4)nc(-c3ccco3)c2s1. The van der Waals surface area contributed by atoms with Crippen LogP contribution in [-0.4, -0.2) is 27.5 Å². The molecule has 4 aromatic rings. The minimum atomic E-state index is -0.430. The zero-order valence-corrected chi connectivity index (χ0v) is 16.0. The Labute approximate surface area is 167 Å². The quantitative estimate of drug-likeness (QED) is 0.551. The molecule has 0 atom stereocenters. The molecule has 3 aromatic heterocycles. The average molecular weight is 410 g/mol. The summed E-state index contributed by atoms with van der Waals surface area (Å²) < 4.78 is 17.7. The van der Waals surface area contributed by atoms with E-state index in [1.165, 1.54) is 17.6 Å². The van der Waals surface area contributed by atoms with Gasteiger partial charge in [-0.05, 0) is 31.2 Å².